The number of benzene rings is 3. The summed E-state index contributed by atoms with van der Waals surface area (Å²) in [7, 11) is 1.83. The summed E-state index contributed by atoms with van der Waals surface area (Å²) in [6.07, 6.45) is 2.54. The Hall–Kier alpha value is -4.37. The summed E-state index contributed by atoms with van der Waals surface area (Å²) in [5.74, 6) is -0.784. The molecule has 3 N–H and O–H groups in total. The van der Waals surface area contributed by atoms with Crippen LogP contribution < -0.4 is 10.6 Å². The molecule has 0 spiro atoms. The average Bonchev–Trinajstić information content (AvgIpc) is 3.52. The zero-order valence-corrected chi connectivity index (χ0v) is 21.0. The smallest absolute Gasteiger partial charge is 0.149 e. The third-order valence-electron chi connectivity index (χ3n) is 6.62. The van der Waals surface area contributed by atoms with Crippen molar-refractivity contribution < 1.29 is 13.6 Å². The Morgan fingerprint density at radius 2 is 1.95 bits per heavy atom. The summed E-state index contributed by atoms with van der Waals surface area (Å²) in [5, 5.41) is 15.4. The molecule has 7 nitrogen and oxygen atoms in total. The first-order chi connectivity index (χ1) is 18.5. The molecular weight excluding hydrogens is 486 g/mol. The Kier molecular flexibility index (Phi) is 7.28. The Labute approximate surface area is 218 Å². The van der Waals surface area contributed by atoms with Crippen LogP contribution >= 0.6 is 0 Å². The van der Waals surface area contributed by atoms with E-state index in [2.05, 4.69) is 32.5 Å². The van der Waals surface area contributed by atoms with Gasteiger partial charge in [0.2, 0.25) is 0 Å². The SMILES string of the molecule is C=C(CCc1c(-c2ccc(F)cc2)[nH]c2c(F)cc(-n3nnc4ccccc43)cc12)NC(C=O)CCNC. The van der Waals surface area contributed by atoms with Gasteiger partial charge in [0.25, 0.3) is 0 Å². The number of allylic oxidation sites excluding steroid dienone is 1. The van der Waals surface area contributed by atoms with E-state index in [1.807, 2.05) is 37.4 Å². The van der Waals surface area contributed by atoms with Crippen LogP contribution in [0, 0.1) is 11.6 Å². The molecule has 1 atom stereocenters. The quantitative estimate of drug-likeness (QED) is 0.215. The molecule has 0 fully saturated rings. The maximum atomic E-state index is 15.5. The first-order valence-corrected chi connectivity index (χ1v) is 12.4. The van der Waals surface area contributed by atoms with Crippen LogP contribution in [0.15, 0.2) is 72.9 Å². The van der Waals surface area contributed by atoms with Crippen molar-refractivity contribution in [1.82, 2.24) is 30.6 Å². The second-order valence-corrected chi connectivity index (χ2v) is 9.21. The number of fused-ring (bicyclic) bond motifs is 2. The number of carbonyl (C=O) groups excluding carboxylic acids is 1. The van der Waals surface area contributed by atoms with Crippen LogP contribution in [0.2, 0.25) is 0 Å². The van der Waals surface area contributed by atoms with E-state index in [9.17, 15) is 9.18 Å². The predicted octanol–water partition coefficient (Wildman–Crippen LogP) is 5.06. The predicted molar refractivity (Wildman–Crippen MR) is 145 cm³/mol. The average molecular weight is 515 g/mol. The van der Waals surface area contributed by atoms with Gasteiger partial charge in [0.05, 0.1) is 22.8 Å². The molecule has 3 aromatic carbocycles. The number of hydrogen-bond acceptors (Lipinski definition) is 5. The summed E-state index contributed by atoms with van der Waals surface area (Å²) in [6, 6.07) is 16.5. The minimum atomic E-state index is -0.434. The van der Waals surface area contributed by atoms with E-state index >= 15 is 4.39 Å². The summed E-state index contributed by atoms with van der Waals surface area (Å²) in [6.45, 7) is 4.80. The first kappa shape index (κ1) is 25.3. The number of carbonyl (C=O) groups is 1. The molecule has 2 heterocycles. The van der Waals surface area contributed by atoms with Gasteiger partial charge in [-0.25, -0.2) is 13.5 Å². The van der Waals surface area contributed by atoms with E-state index in [4.69, 9.17) is 0 Å². The van der Waals surface area contributed by atoms with Crippen LogP contribution in [0.25, 0.3) is 38.9 Å². The zero-order valence-electron chi connectivity index (χ0n) is 21.0. The van der Waals surface area contributed by atoms with Gasteiger partial charge < -0.3 is 20.4 Å². The molecule has 0 bridgehead atoms. The van der Waals surface area contributed by atoms with Crippen LogP contribution in [-0.2, 0) is 11.2 Å². The summed E-state index contributed by atoms with van der Waals surface area (Å²) in [5.41, 5.74) is 5.37. The molecule has 0 aliphatic carbocycles. The van der Waals surface area contributed by atoms with Crippen LogP contribution in [0.4, 0.5) is 8.78 Å². The van der Waals surface area contributed by atoms with Crippen molar-refractivity contribution in [1.29, 1.82) is 0 Å². The number of halogens is 2. The number of H-pyrrole nitrogens is 1. The summed E-state index contributed by atoms with van der Waals surface area (Å²) in [4.78, 5) is 14.7. The molecular formula is C29H28F2N6O. The molecule has 1 unspecified atom stereocenters. The lowest BCUT2D eigenvalue weighted by Crippen LogP contribution is -2.32. The highest BCUT2D eigenvalue weighted by molar-refractivity contribution is 5.93. The van der Waals surface area contributed by atoms with Crippen molar-refractivity contribution in [3.05, 3.63) is 90.1 Å². The largest absolute Gasteiger partial charge is 0.379 e. The molecule has 0 amide bonds. The lowest BCUT2D eigenvalue weighted by Gasteiger charge is -2.16. The molecule has 0 radical (unpaired) electrons. The van der Waals surface area contributed by atoms with Crippen molar-refractivity contribution in [3.8, 4) is 16.9 Å². The number of aldehydes is 1. The van der Waals surface area contributed by atoms with Crippen molar-refractivity contribution >= 4 is 28.2 Å². The second kappa shape index (κ2) is 10.9. The molecule has 0 saturated heterocycles. The maximum Gasteiger partial charge on any atom is 0.149 e. The van der Waals surface area contributed by atoms with Gasteiger partial charge in [-0.05, 0) is 86.4 Å². The first-order valence-electron chi connectivity index (χ1n) is 12.4. The molecule has 0 aliphatic rings. The van der Waals surface area contributed by atoms with Crippen molar-refractivity contribution in [2.24, 2.45) is 0 Å². The fourth-order valence-electron chi connectivity index (χ4n) is 4.68. The Morgan fingerprint density at radius 1 is 1.16 bits per heavy atom. The van der Waals surface area contributed by atoms with Crippen LogP contribution in [-0.4, -0.2) is 45.9 Å². The number of aromatic amines is 1. The Morgan fingerprint density at radius 3 is 2.71 bits per heavy atom. The van der Waals surface area contributed by atoms with Crippen LogP contribution in [0.1, 0.15) is 18.4 Å². The molecule has 2 aromatic heterocycles. The van der Waals surface area contributed by atoms with Gasteiger partial charge in [-0.1, -0.05) is 23.9 Å². The van der Waals surface area contributed by atoms with E-state index in [-0.39, 0.29) is 11.9 Å². The molecule has 5 aromatic rings. The van der Waals surface area contributed by atoms with Gasteiger partial charge in [-0.15, -0.1) is 5.10 Å². The van der Waals surface area contributed by atoms with E-state index in [0.29, 0.717) is 59.3 Å². The highest BCUT2D eigenvalue weighted by atomic mass is 19.1. The monoisotopic (exact) mass is 514 g/mol. The Bertz CT molecular complexity index is 1610. The normalized spacial score (nSPS) is 12.2. The van der Waals surface area contributed by atoms with Gasteiger partial charge in [0, 0.05) is 22.8 Å². The van der Waals surface area contributed by atoms with E-state index in [1.165, 1.54) is 18.2 Å². The van der Waals surface area contributed by atoms with Gasteiger partial charge in [-0.2, -0.15) is 0 Å². The lowest BCUT2D eigenvalue weighted by atomic mass is 9.99. The van der Waals surface area contributed by atoms with Gasteiger partial charge in [0.15, 0.2) is 0 Å². The highest BCUT2D eigenvalue weighted by Gasteiger charge is 2.19. The number of para-hydroxylation sites is 1. The zero-order chi connectivity index (χ0) is 26.6. The fraction of sp³-hybridized carbons (Fsp3) is 0.207. The van der Waals surface area contributed by atoms with E-state index in [0.717, 1.165) is 22.9 Å². The van der Waals surface area contributed by atoms with E-state index in [1.54, 1.807) is 16.8 Å². The van der Waals surface area contributed by atoms with Crippen molar-refractivity contribution in [2.45, 2.75) is 25.3 Å². The Balaban J connectivity index is 1.55. The number of aryl methyl sites for hydroxylation is 1. The molecule has 0 aliphatic heterocycles. The lowest BCUT2D eigenvalue weighted by molar-refractivity contribution is -0.109. The van der Waals surface area contributed by atoms with Gasteiger partial charge >= 0.3 is 0 Å². The topological polar surface area (TPSA) is 87.6 Å². The second-order valence-electron chi connectivity index (χ2n) is 9.21. The molecule has 0 saturated carbocycles. The minimum Gasteiger partial charge on any atom is -0.379 e. The number of aromatic nitrogens is 4. The van der Waals surface area contributed by atoms with Crippen molar-refractivity contribution in [2.75, 3.05) is 13.6 Å². The molecule has 5 rings (SSSR count). The van der Waals surface area contributed by atoms with E-state index < -0.39 is 5.82 Å². The minimum absolute atomic E-state index is 0.348. The summed E-state index contributed by atoms with van der Waals surface area (Å²) >= 11 is 0. The van der Waals surface area contributed by atoms with Crippen LogP contribution in [0.3, 0.4) is 0 Å². The molecule has 194 valence electrons. The standard InChI is InChI=1S/C29H28F2N6O/c1-18(33-21(17-38)13-14-32-2)7-12-23-24-15-22(37-27-6-4-3-5-26(27)35-36-37)16-25(31)29(24)34-28(23)19-8-10-20(30)11-9-19/h3-6,8-11,15-17,21,32-34H,1,7,12-14H2,2H3. The van der Waals surface area contributed by atoms with Crippen LogP contribution in [0.5, 0.6) is 0 Å². The third kappa shape index (κ3) is 5.05. The number of rotatable bonds is 11. The van der Waals surface area contributed by atoms with Gasteiger partial charge in [0.1, 0.15) is 23.4 Å². The highest BCUT2D eigenvalue weighted by Crippen LogP contribution is 2.35. The third-order valence-corrected chi connectivity index (χ3v) is 6.62. The fourth-order valence-corrected chi connectivity index (χ4v) is 4.68. The summed E-state index contributed by atoms with van der Waals surface area (Å²) < 4.78 is 30.8. The number of hydrogen-bond donors (Lipinski definition) is 3. The van der Waals surface area contributed by atoms with Gasteiger partial charge in [-0.3, -0.25) is 0 Å². The number of nitrogens with one attached hydrogen (secondary N) is 3. The maximum absolute atomic E-state index is 15.5. The number of nitrogens with zero attached hydrogens (tertiary/aromatic N) is 3. The molecule has 9 heteroatoms. The molecule has 38 heavy (non-hydrogen) atoms. The van der Waals surface area contributed by atoms with Crippen molar-refractivity contribution in [3.63, 3.8) is 0 Å².